The highest BCUT2D eigenvalue weighted by Gasteiger charge is 2.21. The number of aromatic carboxylic acids is 1. The van der Waals surface area contributed by atoms with E-state index in [0.717, 1.165) is 42.7 Å². The number of likely N-dealkylation sites (N-methyl/N-ethyl adjacent to an activating group) is 2. The predicted molar refractivity (Wildman–Crippen MR) is 114 cm³/mol. The van der Waals surface area contributed by atoms with Gasteiger partial charge in [-0.15, -0.1) is 0 Å². The van der Waals surface area contributed by atoms with Crippen molar-refractivity contribution in [3.05, 3.63) is 29.5 Å². The van der Waals surface area contributed by atoms with Gasteiger partial charge in [0.2, 0.25) is 5.91 Å². The first kappa shape index (κ1) is 22.0. The topological polar surface area (TPSA) is 65.8 Å². The van der Waals surface area contributed by atoms with Gasteiger partial charge >= 0.3 is 5.97 Å². The molecule has 0 fully saturated rings. The smallest absolute Gasteiger partial charge is 0.337 e. The largest absolute Gasteiger partial charge is 0.478 e. The number of amides is 1. The van der Waals surface area contributed by atoms with Crippen molar-refractivity contribution in [3.8, 4) is 0 Å². The molecule has 28 heavy (non-hydrogen) atoms. The van der Waals surface area contributed by atoms with Crippen LogP contribution in [0.5, 0.6) is 0 Å². The Morgan fingerprint density at radius 3 is 2.43 bits per heavy atom. The summed E-state index contributed by atoms with van der Waals surface area (Å²) in [5.74, 6) is -0.735. The number of carboxylic acid groups (broad SMARTS) is 1. The first-order valence-electron chi connectivity index (χ1n) is 10.1. The summed E-state index contributed by atoms with van der Waals surface area (Å²) in [6.45, 7) is 10.5. The fraction of sp³-hybridized carbons (Fsp3) is 0.545. The van der Waals surface area contributed by atoms with Crippen LogP contribution in [0.1, 0.15) is 62.4 Å². The minimum absolute atomic E-state index is 0.0137. The van der Waals surface area contributed by atoms with Gasteiger partial charge in [0, 0.05) is 31.4 Å². The molecule has 2 aromatic rings. The quantitative estimate of drug-likeness (QED) is 0.704. The van der Waals surface area contributed by atoms with Crippen molar-refractivity contribution in [2.75, 3.05) is 31.6 Å². The Kier molecular flexibility index (Phi) is 7.24. The van der Waals surface area contributed by atoms with Gasteiger partial charge in [-0.2, -0.15) is 0 Å². The average Bonchev–Trinajstić information content (AvgIpc) is 3.00. The Labute approximate surface area is 167 Å². The molecule has 6 nitrogen and oxygen atoms in total. The molecule has 0 saturated heterocycles. The van der Waals surface area contributed by atoms with E-state index in [1.54, 1.807) is 18.1 Å². The van der Waals surface area contributed by atoms with Crippen LogP contribution < -0.4 is 4.90 Å². The summed E-state index contributed by atoms with van der Waals surface area (Å²) in [7, 11) is 3.63. The van der Waals surface area contributed by atoms with Gasteiger partial charge in [0.1, 0.15) is 0 Å². The van der Waals surface area contributed by atoms with Crippen molar-refractivity contribution in [3.63, 3.8) is 0 Å². The van der Waals surface area contributed by atoms with E-state index in [2.05, 4.69) is 32.6 Å². The molecule has 0 radical (unpaired) electrons. The van der Waals surface area contributed by atoms with Crippen molar-refractivity contribution < 1.29 is 14.7 Å². The molecule has 0 spiro atoms. The third-order valence-electron chi connectivity index (χ3n) is 5.34. The number of carbonyl (C=O) groups is 2. The van der Waals surface area contributed by atoms with E-state index in [9.17, 15) is 14.7 Å². The zero-order valence-corrected chi connectivity index (χ0v) is 18.0. The number of rotatable bonds is 9. The summed E-state index contributed by atoms with van der Waals surface area (Å²) >= 11 is 0. The van der Waals surface area contributed by atoms with Crippen LogP contribution in [0.3, 0.4) is 0 Å². The fourth-order valence-electron chi connectivity index (χ4n) is 3.54. The van der Waals surface area contributed by atoms with Crippen LogP contribution in [0.25, 0.3) is 10.9 Å². The van der Waals surface area contributed by atoms with Crippen molar-refractivity contribution >= 4 is 28.5 Å². The number of aryl methyl sites for hydroxylation is 1. The van der Waals surface area contributed by atoms with Gasteiger partial charge in [-0.25, -0.2) is 4.79 Å². The summed E-state index contributed by atoms with van der Waals surface area (Å²) in [6.07, 6.45) is 3.81. The number of fused-ring (bicyclic) bond motifs is 1. The minimum Gasteiger partial charge on any atom is -0.478 e. The molecule has 0 saturated carbocycles. The standard InChI is InChI=1S/C22H33N3O3/c1-7-9-10-25(8-2)14-20(26)24(6)16-11-17(15(3)4)21-18(12-16)19(22(27)28)13-23(21)5/h11-13,15H,7-10,14H2,1-6H3,(H,27,28). The van der Waals surface area contributed by atoms with Gasteiger partial charge in [0.05, 0.1) is 17.6 Å². The second-order valence-corrected chi connectivity index (χ2v) is 7.72. The number of benzene rings is 1. The first-order chi connectivity index (χ1) is 13.2. The van der Waals surface area contributed by atoms with E-state index < -0.39 is 5.97 Å². The number of carboxylic acids is 1. The SMILES string of the molecule is CCCCN(CC)CC(=O)N(C)c1cc(C(C)C)c2c(c1)c(C(=O)O)cn2C. The molecule has 0 unspecified atom stereocenters. The predicted octanol–water partition coefficient (Wildman–Crippen LogP) is 4.08. The van der Waals surface area contributed by atoms with Crippen molar-refractivity contribution in [2.45, 2.75) is 46.5 Å². The maximum absolute atomic E-state index is 12.9. The summed E-state index contributed by atoms with van der Waals surface area (Å²) < 4.78 is 1.86. The molecule has 2 rings (SSSR count). The Morgan fingerprint density at radius 1 is 1.21 bits per heavy atom. The highest BCUT2D eigenvalue weighted by Crippen LogP contribution is 2.33. The lowest BCUT2D eigenvalue weighted by molar-refractivity contribution is -0.119. The lowest BCUT2D eigenvalue weighted by Crippen LogP contribution is -2.38. The zero-order valence-electron chi connectivity index (χ0n) is 18.0. The molecule has 0 aliphatic carbocycles. The number of aromatic nitrogens is 1. The monoisotopic (exact) mass is 387 g/mol. The normalized spacial score (nSPS) is 11.6. The molecule has 154 valence electrons. The van der Waals surface area contributed by atoms with E-state index in [-0.39, 0.29) is 17.4 Å². The van der Waals surface area contributed by atoms with Crippen molar-refractivity contribution in [2.24, 2.45) is 7.05 Å². The number of carbonyl (C=O) groups excluding carboxylic acids is 1. The van der Waals surface area contributed by atoms with Crippen LogP contribution in [0.4, 0.5) is 5.69 Å². The van der Waals surface area contributed by atoms with Crippen LogP contribution >= 0.6 is 0 Å². The van der Waals surface area contributed by atoms with Crippen LogP contribution in [0.2, 0.25) is 0 Å². The maximum Gasteiger partial charge on any atom is 0.337 e. The molecule has 0 aliphatic heterocycles. The van der Waals surface area contributed by atoms with E-state index in [1.807, 2.05) is 23.7 Å². The van der Waals surface area contributed by atoms with Gasteiger partial charge in [-0.05, 0) is 43.1 Å². The molecule has 1 aromatic heterocycles. The summed E-state index contributed by atoms with van der Waals surface area (Å²) in [6, 6.07) is 3.84. The van der Waals surface area contributed by atoms with E-state index >= 15 is 0 Å². The lowest BCUT2D eigenvalue weighted by Gasteiger charge is -2.25. The minimum atomic E-state index is -0.955. The second kappa shape index (κ2) is 9.24. The number of anilines is 1. The summed E-state index contributed by atoms with van der Waals surface area (Å²) in [5, 5.41) is 10.3. The van der Waals surface area contributed by atoms with Gasteiger partial charge < -0.3 is 14.6 Å². The molecule has 1 aromatic carbocycles. The summed E-state index contributed by atoms with van der Waals surface area (Å²) in [4.78, 5) is 28.4. The summed E-state index contributed by atoms with van der Waals surface area (Å²) in [5.41, 5.74) is 2.96. The molecule has 0 atom stereocenters. The zero-order chi connectivity index (χ0) is 21.0. The average molecular weight is 388 g/mol. The molecule has 0 aliphatic rings. The first-order valence-corrected chi connectivity index (χ1v) is 10.1. The van der Waals surface area contributed by atoms with Crippen LogP contribution in [0, 0.1) is 0 Å². The molecular weight excluding hydrogens is 354 g/mol. The van der Waals surface area contributed by atoms with Gasteiger partial charge in [-0.3, -0.25) is 9.69 Å². The molecule has 1 heterocycles. The number of unbranched alkanes of at least 4 members (excludes halogenated alkanes) is 1. The number of hydrogen-bond acceptors (Lipinski definition) is 3. The van der Waals surface area contributed by atoms with Crippen LogP contribution in [0.15, 0.2) is 18.3 Å². The highest BCUT2D eigenvalue weighted by atomic mass is 16.4. The van der Waals surface area contributed by atoms with Crippen LogP contribution in [-0.4, -0.2) is 53.1 Å². The number of nitrogens with zero attached hydrogens (tertiary/aromatic N) is 3. The van der Waals surface area contributed by atoms with Gasteiger partial charge in [0.25, 0.3) is 0 Å². The van der Waals surface area contributed by atoms with E-state index in [4.69, 9.17) is 0 Å². The van der Waals surface area contributed by atoms with E-state index in [0.29, 0.717) is 11.9 Å². The van der Waals surface area contributed by atoms with Crippen LogP contribution in [-0.2, 0) is 11.8 Å². The van der Waals surface area contributed by atoms with Gasteiger partial charge in [-0.1, -0.05) is 34.1 Å². The molecule has 0 bridgehead atoms. The Morgan fingerprint density at radius 2 is 1.89 bits per heavy atom. The van der Waals surface area contributed by atoms with Gasteiger partial charge in [0.15, 0.2) is 0 Å². The van der Waals surface area contributed by atoms with Crippen molar-refractivity contribution in [1.82, 2.24) is 9.47 Å². The maximum atomic E-state index is 12.9. The number of hydrogen-bond donors (Lipinski definition) is 1. The fourth-order valence-corrected chi connectivity index (χ4v) is 3.54. The lowest BCUT2D eigenvalue weighted by atomic mass is 9.98. The Bertz CT molecular complexity index is 854. The highest BCUT2D eigenvalue weighted by molar-refractivity contribution is 6.07. The van der Waals surface area contributed by atoms with Crippen molar-refractivity contribution in [1.29, 1.82) is 0 Å². The third kappa shape index (κ3) is 4.55. The second-order valence-electron chi connectivity index (χ2n) is 7.72. The Balaban J connectivity index is 2.44. The molecule has 1 amide bonds. The molecular formula is C22H33N3O3. The van der Waals surface area contributed by atoms with E-state index in [1.165, 1.54) is 0 Å². The third-order valence-corrected chi connectivity index (χ3v) is 5.34. The Hall–Kier alpha value is -2.34. The molecule has 6 heteroatoms. The molecule has 1 N–H and O–H groups in total.